The van der Waals surface area contributed by atoms with Crippen molar-refractivity contribution >= 4 is 11.9 Å². The van der Waals surface area contributed by atoms with Crippen molar-refractivity contribution in [2.45, 2.75) is 171 Å². The predicted molar refractivity (Wildman–Crippen MR) is 289 cm³/mol. The molecule has 10 atom stereocenters. The van der Waals surface area contributed by atoms with Gasteiger partial charge in [0.1, 0.15) is 31.7 Å². The number of hydrogen-bond donors (Lipinski definition) is 2. The molecule has 0 spiro atoms. The van der Waals surface area contributed by atoms with Crippen molar-refractivity contribution in [3.05, 3.63) is 112 Å². The first kappa shape index (κ1) is 55.2. The topological polar surface area (TPSA) is 121 Å². The molecular weight excluding hydrogens is 913 g/mol. The fourth-order valence-corrected chi connectivity index (χ4v) is 14.9. The standard InChI is InChI=1S/C64H90O9/c1-42(2)45-15-25-53-47(37-45)17-27-55-61(53,7)30-11-32-63(55,9)58(67)72-40-51(65)39-70-35-36-71-52-23-21-50(22-24-52)60(5,6)49-19-13-44(14-20-49)29-34-69-41-57(66)73-59(68)64(10)33-12-31-62(8)54-26-16-46(43(3)4)38-48(54)18-28-56(62)64/h13-14,17-24,37-38,42-43,51,53-57,65-66H,11-12,15-16,25-36,39-41H2,1-10H3. The predicted octanol–water partition coefficient (Wildman–Crippen LogP) is 13.0. The Morgan fingerprint density at radius 2 is 1.15 bits per heavy atom. The molecule has 9 heteroatoms. The van der Waals surface area contributed by atoms with Gasteiger partial charge >= 0.3 is 11.9 Å². The first-order valence-corrected chi connectivity index (χ1v) is 28.2. The van der Waals surface area contributed by atoms with Gasteiger partial charge in [0.05, 0.1) is 30.7 Å². The van der Waals surface area contributed by atoms with Gasteiger partial charge in [-0.2, -0.15) is 0 Å². The molecule has 2 fully saturated rings. The summed E-state index contributed by atoms with van der Waals surface area (Å²) in [6.45, 7) is 23.4. The van der Waals surface area contributed by atoms with Crippen LogP contribution in [0.5, 0.6) is 5.75 Å². The van der Waals surface area contributed by atoms with Crippen LogP contribution in [0.3, 0.4) is 0 Å². The Labute approximate surface area is 438 Å². The van der Waals surface area contributed by atoms with Crippen molar-refractivity contribution < 1.29 is 43.5 Å². The molecular formula is C64H90O9. The Morgan fingerprint density at radius 1 is 0.644 bits per heavy atom. The number of hydrogen-bond acceptors (Lipinski definition) is 9. The van der Waals surface area contributed by atoms with Crippen LogP contribution in [-0.2, 0) is 40.4 Å². The van der Waals surface area contributed by atoms with Crippen molar-refractivity contribution in [1.82, 2.24) is 0 Å². The summed E-state index contributed by atoms with van der Waals surface area (Å²) in [6, 6.07) is 16.7. The quantitative estimate of drug-likeness (QED) is 0.0759. The van der Waals surface area contributed by atoms with Gasteiger partial charge in [-0.1, -0.05) is 140 Å². The Hall–Kier alpha value is -4.02. The lowest BCUT2D eigenvalue weighted by atomic mass is 9.47. The molecule has 2 aromatic carbocycles. The summed E-state index contributed by atoms with van der Waals surface area (Å²) in [5.41, 5.74) is 8.09. The zero-order valence-corrected chi connectivity index (χ0v) is 46.2. The molecule has 2 N–H and O–H groups in total. The molecule has 73 heavy (non-hydrogen) atoms. The highest BCUT2D eigenvalue weighted by Crippen LogP contribution is 2.64. The highest BCUT2D eigenvalue weighted by Gasteiger charge is 2.59. The number of carbonyl (C=O) groups is 2. The van der Waals surface area contributed by atoms with Crippen LogP contribution in [-0.4, -0.2) is 74.2 Å². The van der Waals surface area contributed by atoms with E-state index in [9.17, 15) is 19.8 Å². The molecule has 6 aliphatic carbocycles. The maximum Gasteiger partial charge on any atom is 0.314 e. The first-order chi connectivity index (χ1) is 34.7. The van der Waals surface area contributed by atoms with Crippen LogP contribution < -0.4 is 4.74 Å². The Bertz CT molecular complexity index is 2370. The SMILES string of the molecule is CC(C)C1=CC2=CCC3C(C)(C(=O)OCC(O)COCCOc4ccc(C(C)(C)c5ccc(CCOCC(O)OC(=O)C6(C)CCCC7(C)C8CCC(C(C)C)=CC8=CCC67)cc5)cc4)CCCC3(C)C2CC1. The van der Waals surface area contributed by atoms with Crippen molar-refractivity contribution in [2.24, 2.45) is 57.2 Å². The van der Waals surface area contributed by atoms with Gasteiger partial charge in [-0.05, 0) is 171 Å². The van der Waals surface area contributed by atoms with Crippen LogP contribution in [0.25, 0.3) is 0 Å². The third-order valence-corrected chi connectivity index (χ3v) is 19.6. The van der Waals surface area contributed by atoms with Crippen LogP contribution in [0.15, 0.2) is 95.1 Å². The molecule has 8 rings (SSSR count). The van der Waals surface area contributed by atoms with Gasteiger partial charge in [0.25, 0.3) is 0 Å². The minimum atomic E-state index is -1.31. The second-order valence-corrected chi connectivity index (χ2v) is 25.2. The Kier molecular flexibility index (Phi) is 17.2. The smallest absolute Gasteiger partial charge is 0.314 e. The second kappa shape index (κ2) is 22.7. The molecule has 9 nitrogen and oxygen atoms in total. The van der Waals surface area contributed by atoms with Gasteiger partial charge in [0.15, 0.2) is 0 Å². The molecule has 0 heterocycles. The average molecular weight is 1000 g/mol. The summed E-state index contributed by atoms with van der Waals surface area (Å²) in [7, 11) is 0. The third kappa shape index (κ3) is 11.6. The highest BCUT2D eigenvalue weighted by atomic mass is 16.7. The lowest BCUT2D eigenvalue weighted by Crippen LogP contribution is -2.54. The lowest BCUT2D eigenvalue weighted by molar-refractivity contribution is -0.199. The van der Waals surface area contributed by atoms with E-state index >= 15 is 0 Å². The van der Waals surface area contributed by atoms with Gasteiger partial charge in [0, 0.05) is 5.41 Å². The van der Waals surface area contributed by atoms with Crippen molar-refractivity contribution in [1.29, 1.82) is 0 Å². The van der Waals surface area contributed by atoms with E-state index in [4.69, 9.17) is 23.7 Å². The van der Waals surface area contributed by atoms with Crippen molar-refractivity contribution in [3.63, 3.8) is 0 Å². The molecule has 0 radical (unpaired) electrons. The minimum Gasteiger partial charge on any atom is -0.491 e. The Balaban J connectivity index is 0.722. The summed E-state index contributed by atoms with van der Waals surface area (Å²) in [4.78, 5) is 27.6. The molecule has 0 amide bonds. The summed E-state index contributed by atoms with van der Waals surface area (Å²) in [5.74, 6) is 2.72. The highest BCUT2D eigenvalue weighted by molar-refractivity contribution is 5.78. The lowest BCUT2D eigenvalue weighted by Gasteiger charge is -2.57. The Morgan fingerprint density at radius 3 is 1.68 bits per heavy atom. The number of benzene rings is 2. The maximum absolute atomic E-state index is 13.8. The van der Waals surface area contributed by atoms with Gasteiger partial charge in [-0.25, -0.2) is 0 Å². The fourth-order valence-electron chi connectivity index (χ4n) is 14.9. The molecule has 6 aliphatic rings. The van der Waals surface area contributed by atoms with E-state index in [-0.39, 0.29) is 59.8 Å². The van der Waals surface area contributed by atoms with Gasteiger partial charge in [-0.15, -0.1) is 0 Å². The van der Waals surface area contributed by atoms with E-state index < -0.39 is 23.2 Å². The van der Waals surface area contributed by atoms with Crippen LogP contribution in [0.1, 0.15) is 163 Å². The number of esters is 2. The van der Waals surface area contributed by atoms with Gasteiger partial charge < -0.3 is 33.9 Å². The molecule has 2 saturated carbocycles. The first-order valence-electron chi connectivity index (χ1n) is 28.2. The van der Waals surface area contributed by atoms with Crippen LogP contribution in [0.4, 0.5) is 0 Å². The molecule has 0 bridgehead atoms. The number of aliphatic hydroxyl groups excluding tert-OH is 2. The number of fused-ring (bicyclic) bond motifs is 6. The van der Waals surface area contributed by atoms with E-state index in [0.29, 0.717) is 49.9 Å². The average Bonchev–Trinajstić information content (AvgIpc) is 3.36. The van der Waals surface area contributed by atoms with Gasteiger partial charge in [-0.3, -0.25) is 9.59 Å². The number of ether oxygens (including phenoxy) is 5. The normalized spacial score (nSPS) is 30.8. The van der Waals surface area contributed by atoms with E-state index in [1.54, 1.807) is 5.57 Å². The zero-order valence-electron chi connectivity index (χ0n) is 46.2. The molecule has 0 aliphatic heterocycles. The van der Waals surface area contributed by atoms with Gasteiger partial charge in [0.2, 0.25) is 6.29 Å². The summed E-state index contributed by atoms with van der Waals surface area (Å²) in [6.07, 6.45) is 20.3. The molecule has 10 unspecified atom stereocenters. The summed E-state index contributed by atoms with van der Waals surface area (Å²) >= 11 is 0. The van der Waals surface area contributed by atoms with Crippen LogP contribution >= 0.6 is 0 Å². The minimum absolute atomic E-state index is 0.0369. The zero-order chi connectivity index (χ0) is 52.3. The number of aliphatic hydroxyl groups is 2. The second-order valence-electron chi connectivity index (χ2n) is 25.2. The molecule has 400 valence electrons. The molecule has 2 aromatic rings. The third-order valence-electron chi connectivity index (χ3n) is 19.6. The van der Waals surface area contributed by atoms with E-state index in [0.717, 1.165) is 93.9 Å². The summed E-state index contributed by atoms with van der Waals surface area (Å²) < 4.78 is 29.2. The van der Waals surface area contributed by atoms with E-state index in [2.05, 4.69) is 130 Å². The number of rotatable bonds is 20. The van der Waals surface area contributed by atoms with E-state index in [1.807, 2.05) is 12.1 Å². The van der Waals surface area contributed by atoms with Crippen molar-refractivity contribution in [3.8, 4) is 5.75 Å². The maximum atomic E-state index is 13.8. The van der Waals surface area contributed by atoms with Crippen LogP contribution in [0, 0.1) is 57.2 Å². The largest absolute Gasteiger partial charge is 0.491 e. The number of carbonyl (C=O) groups excluding carboxylic acids is 2. The summed E-state index contributed by atoms with van der Waals surface area (Å²) in [5, 5.41) is 21.6. The molecule has 0 aromatic heterocycles. The monoisotopic (exact) mass is 1000 g/mol. The van der Waals surface area contributed by atoms with Crippen molar-refractivity contribution in [2.75, 3.05) is 39.6 Å². The number of allylic oxidation sites excluding steroid dienone is 8. The van der Waals surface area contributed by atoms with E-state index in [1.165, 1.54) is 22.3 Å². The molecule has 0 saturated heterocycles. The fraction of sp³-hybridized carbons (Fsp3) is 0.656. The van der Waals surface area contributed by atoms with Crippen LogP contribution in [0.2, 0.25) is 0 Å².